The van der Waals surface area contributed by atoms with Gasteiger partial charge in [-0.25, -0.2) is 0 Å². The van der Waals surface area contributed by atoms with Gasteiger partial charge in [0, 0.05) is 12.5 Å². The molecule has 0 aromatic carbocycles. The lowest BCUT2D eigenvalue weighted by Crippen LogP contribution is -2.37. The van der Waals surface area contributed by atoms with E-state index in [-0.39, 0.29) is 57.6 Å². The molecule has 12 heavy (non-hydrogen) atoms. The number of halogens is 2. The van der Waals surface area contributed by atoms with Crippen molar-refractivity contribution in [2.24, 2.45) is 11.5 Å². The number of nitrogens with two attached hydrogens (primary N) is 2. The Kier molecular flexibility index (Phi) is 6.50. The molecular weight excluding hydrogens is 292 g/mol. The SMILES string of the molecule is Br.Br.NC1=CC(=O)C(N)CC1=O. The van der Waals surface area contributed by atoms with Gasteiger partial charge in [0.25, 0.3) is 0 Å². The van der Waals surface area contributed by atoms with E-state index in [4.69, 9.17) is 11.5 Å². The second-order valence-corrected chi connectivity index (χ2v) is 2.24. The molecule has 0 spiro atoms. The zero-order chi connectivity index (χ0) is 7.72. The van der Waals surface area contributed by atoms with Gasteiger partial charge >= 0.3 is 0 Å². The average Bonchev–Trinajstić information content (AvgIpc) is 1.84. The standard InChI is InChI=1S/C6H8N2O2.2BrH/c7-3-1-5(9)4(8)2-6(3)10;;/h1,4H,2,7-8H2;2*1H. The highest BCUT2D eigenvalue weighted by atomic mass is 79.9. The maximum atomic E-state index is 10.7. The molecule has 0 saturated heterocycles. The van der Waals surface area contributed by atoms with Crippen LogP contribution in [0.1, 0.15) is 6.42 Å². The molecule has 70 valence electrons. The third-order valence-electron chi connectivity index (χ3n) is 1.39. The van der Waals surface area contributed by atoms with Gasteiger partial charge in [-0.2, -0.15) is 0 Å². The molecule has 1 aliphatic carbocycles. The summed E-state index contributed by atoms with van der Waals surface area (Å²) in [5.74, 6) is -0.510. The van der Waals surface area contributed by atoms with Crippen LogP contribution in [-0.4, -0.2) is 17.6 Å². The normalized spacial score (nSPS) is 22.1. The molecule has 1 atom stereocenters. The van der Waals surface area contributed by atoms with Gasteiger partial charge in [0.15, 0.2) is 11.6 Å². The first-order valence-electron chi connectivity index (χ1n) is 2.91. The summed E-state index contributed by atoms with van der Waals surface area (Å²) >= 11 is 0. The van der Waals surface area contributed by atoms with E-state index in [9.17, 15) is 9.59 Å². The third-order valence-corrected chi connectivity index (χ3v) is 1.39. The van der Waals surface area contributed by atoms with Crippen LogP contribution < -0.4 is 11.5 Å². The number of allylic oxidation sites excluding steroid dienone is 1. The van der Waals surface area contributed by atoms with E-state index >= 15 is 0 Å². The van der Waals surface area contributed by atoms with Crippen LogP contribution in [0.4, 0.5) is 0 Å². The molecule has 4 nitrogen and oxygen atoms in total. The topological polar surface area (TPSA) is 86.2 Å². The van der Waals surface area contributed by atoms with Crippen LogP contribution in [0.25, 0.3) is 0 Å². The molecule has 0 heterocycles. The number of rotatable bonds is 0. The average molecular weight is 302 g/mol. The minimum absolute atomic E-state index is 0. The Morgan fingerprint density at radius 2 is 1.83 bits per heavy atom. The lowest BCUT2D eigenvalue weighted by Gasteiger charge is -2.12. The molecular formula is C6H10Br2N2O2. The lowest BCUT2D eigenvalue weighted by atomic mass is 9.98. The molecule has 0 aromatic heterocycles. The van der Waals surface area contributed by atoms with Gasteiger partial charge in [-0.3, -0.25) is 9.59 Å². The Labute approximate surface area is 90.9 Å². The molecule has 1 aliphatic rings. The predicted molar refractivity (Wildman–Crippen MR) is 55.5 cm³/mol. The van der Waals surface area contributed by atoms with E-state index in [1.54, 1.807) is 0 Å². The largest absolute Gasteiger partial charge is 0.396 e. The van der Waals surface area contributed by atoms with Gasteiger partial charge in [-0.15, -0.1) is 34.0 Å². The summed E-state index contributed by atoms with van der Waals surface area (Å²) in [5.41, 5.74) is 10.4. The zero-order valence-electron chi connectivity index (χ0n) is 6.15. The Morgan fingerprint density at radius 3 is 2.25 bits per heavy atom. The molecule has 0 fully saturated rings. The van der Waals surface area contributed by atoms with Crippen molar-refractivity contribution < 1.29 is 9.59 Å². The molecule has 0 radical (unpaired) electrons. The fourth-order valence-electron chi connectivity index (χ4n) is 0.759. The summed E-state index contributed by atoms with van der Waals surface area (Å²) in [6.45, 7) is 0. The predicted octanol–water partition coefficient (Wildman–Crippen LogP) is -0.146. The number of hydrogen-bond donors (Lipinski definition) is 2. The minimum Gasteiger partial charge on any atom is -0.396 e. The molecule has 0 amide bonds. The molecule has 0 bridgehead atoms. The highest BCUT2D eigenvalue weighted by Gasteiger charge is 2.23. The van der Waals surface area contributed by atoms with E-state index in [2.05, 4.69) is 0 Å². The third kappa shape index (κ3) is 3.04. The first-order chi connectivity index (χ1) is 4.61. The van der Waals surface area contributed by atoms with Crippen molar-refractivity contribution in [3.8, 4) is 0 Å². The van der Waals surface area contributed by atoms with Crippen molar-refractivity contribution in [2.45, 2.75) is 12.5 Å². The molecule has 0 saturated carbocycles. The highest BCUT2D eigenvalue weighted by molar-refractivity contribution is 8.93. The highest BCUT2D eigenvalue weighted by Crippen LogP contribution is 2.05. The second-order valence-electron chi connectivity index (χ2n) is 2.24. The van der Waals surface area contributed by atoms with Gasteiger partial charge in [-0.1, -0.05) is 0 Å². The van der Waals surface area contributed by atoms with Crippen LogP contribution in [0.15, 0.2) is 11.8 Å². The van der Waals surface area contributed by atoms with Crippen molar-refractivity contribution in [3.63, 3.8) is 0 Å². The molecule has 0 aromatic rings. The van der Waals surface area contributed by atoms with Gasteiger partial charge in [0.2, 0.25) is 0 Å². The number of Topliss-reactive ketones (excluding diaryl/α,β-unsaturated/α-hetero) is 1. The number of hydrogen-bond acceptors (Lipinski definition) is 4. The van der Waals surface area contributed by atoms with Crippen molar-refractivity contribution in [2.75, 3.05) is 0 Å². The van der Waals surface area contributed by atoms with Crippen LogP contribution in [0, 0.1) is 0 Å². The van der Waals surface area contributed by atoms with Crippen molar-refractivity contribution in [1.82, 2.24) is 0 Å². The Bertz CT molecular complexity index is 228. The van der Waals surface area contributed by atoms with E-state index in [0.717, 1.165) is 6.08 Å². The second kappa shape index (κ2) is 5.45. The summed E-state index contributed by atoms with van der Waals surface area (Å²) in [6, 6.07) is -0.681. The van der Waals surface area contributed by atoms with Gasteiger partial charge in [0.05, 0.1) is 11.7 Å². The van der Waals surface area contributed by atoms with Crippen molar-refractivity contribution in [1.29, 1.82) is 0 Å². The zero-order valence-corrected chi connectivity index (χ0v) is 9.58. The summed E-state index contributed by atoms with van der Waals surface area (Å²) in [5, 5.41) is 0. The van der Waals surface area contributed by atoms with Crippen molar-refractivity contribution in [3.05, 3.63) is 11.8 Å². The van der Waals surface area contributed by atoms with Crippen LogP contribution in [0.5, 0.6) is 0 Å². The summed E-state index contributed by atoms with van der Waals surface area (Å²) in [6.07, 6.45) is 1.14. The fraction of sp³-hybridized carbons (Fsp3) is 0.333. The molecule has 6 heteroatoms. The molecule has 1 rings (SSSR count). The maximum Gasteiger partial charge on any atom is 0.180 e. The molecule has 4 N–H and O–H groups in total. The molecule has 0 aliphatic heterocycles. The van der Waals surface area contributed by atoms with Crippen LogP contribution in [-0.2, 0) is 9.59 Å². The van der Waals surface area contributed by atoms with Gasteiger partial charge < -0.3 is 11.5 Å². The van der Waals surface area contributed by atoms with Gasteiger partial charge in [0.1, 0.15) is 0 Å². The number of carbonyl (C=O) groups excluding carboxylic acids is 2. The van der Waals surface area contributed by atoms with E-state index in [1.165, 1.54) is 0 Å². The van der Waals surface area contributed by atoms with Crippen molar-refractivity contribution >= 4 is 45.5 Å². The Balaban J connectivity index is 0. The summed E-state index contributed by atoms with van der Waals surface area (Å²) in [4.78, 5) is 21.4. The summed E-state index contributed by atoms with van der Waals surface area (Å²) < 4.78 is 0. The maximum absolute atomic E-state index is 10.7. The minimum atomic E-state index is -0.681. The first kappa shape index (κ1) is 14.3. The Morgan fingerprint density at radius 1 is 1.33 bits per heavy atom. The fourth-order valence-corrected chi connectivity index (χ4v) is 0.759. The van der Waals surface area contributed by atoms with E-state index in [0.29, 0.717) is 0 Å². The van der Waals surface area contributed by atoms with Crippen LogP contribution >= 0.6 is 34.0 Å². The Hall–Kier alpha value is -0.200. The van der Waals surface area contributed by atoms with E-state index < -0.39 is 6.04 Å². The number of ketones is 2. The quantitative estimate of drug-likeness (QED) is 0.652. The smallest absolute Gasteiger partial charge is 0.180 e. The first-order valence-corrected chi connectivity index (χ1v) is 2.91. The van der Waals surface area contributed by atoms with Crippen LogP contribution in [0.2, 0.25) is 0 Å². The van der Waals surface area contributed by atoms with Crippen LogP contribution in [0.3, 0.4) is 0 Å². The summed E-state index contributed by atoms with van der Waals surface area (Å²) in [7, 11) is 0. The van der Waals surface area contributed by atoms with E-state index in [1.807, 2.05) is 0 Å². The molecule has 1 unspecified atom stereocenters. The van der Waals surface area contributed by atoms with Gasteiger partial charge in [-0.05, 0) is 0 Å². The number of carbonyl (C=O) groups is 2. The monoisotopic (exact) mass is 300 g/mol. The lowest BCUT2D eigenvalue weighted by molar-refractivity contribution is -0.122.